The second kappa shape index (κ2) is 5.78. The number of nitrogens with one attached hydrogen (secondary N) is 1. The highest BCUT2D eigenvalue weighted by Crippen LogP contribution is 2.24. The van der Waals surface area contributed by atoms with E-state index in [0.717, 1.165) is 18.8 Å². The van der Waals surface area contributed by atoms with Crippen LogP contribution in [0.1, 0.15) is 31.1 Å². The molecule has 0 aliphatic heterocycles. The van der Waals surface area contributed by atoms with Crippen LogP contribution in [0.2, 0.25) is 0 Å². The number of benzene rings is 1. The first-order valence-corrected chi connectivity index (χ1v) is 6.27. The van der Waals surface area contributed by atoms with Crippen LogP contribution in [0.15, 0.2) is 36.5 Å². The quantitative estimate of drug-likeness (QED) is 0.880. The van der Waals surface area contributed by atoms with Gasteiger partial charge in [0.05, 0.1) is 11.7 Å². The number of halogens is 1. The molecule has 0 saturated carbocycles. The first kappa shape index (κ1) is 12.8. The molecule has 0 aliphatic rings. The van der Waals surface area contributed by atoms with Gasteiger partial charge < -0.3 is 5.32 Å². The van der Waals surface area contributed by atoms with E-state index in [1.54, 1.807) is 12.3 Å². The fraction of sp³-hybridized carbons (Fsp3) is 0.357. The van der Waals surface area contributed by atoms with Crippen molar-refractivity contribution >= 4 is 0 Å². The van der Waals surface area contributed by atoms with Crippen LogP contribution in [0.4, 0.5) is 4.39 Å². The van der Waals surface area contributed by atoms with Gasteiger partial charge in [-0.1, -0.05) is 25.1 Å². The van der Waals surface area contributed by atoms with Crippen LogP contribution in [0.25, 0.3) is 0 Å². The lowest BCUT2D eigenvalue weighted by molar-refractivity contribution is 0.515. The normalized spacial score (nSPS) is 12.6. The third-order valence-electron chi connectivity index (χ3n) is 2.97. The summed E-state index contributed by atoms with van der Waals surface area (Å²) in [7, 11) is 0. The molecule has 0 spiro atoms. The van der Waals surface area contributed by atoms with E-state index in [1.807, 2.05) is 36.7 Å². The van der Waals surface area contributed by atoms with E-state index in [4.69, 9.17) is 0 Å². The minimum absolute atomic E-state index is 0.154. The summed E-state index contributed by atoms with van der Waals surface area (Å²) in [6, 6.07) is 8.65. The number of aromatic nitrogens is 2. The Morgan fingerprint density at radius 1 is 1.28 bits per heavy atom. The smallest absolute Gasteiger partial charge is 0.128 e. The SMILES string of the molecule is CCNC(c1ccccc1F)c1ccnn1CC. The molecule has 1 unspecified atom stereocenters. The maximum Gasteiger partial charge on any atom is 0.128 e. The Morgan fingerprint density at radius 2 is 2.06 bits per heavy atom. The summed E-state index contributed by atoms with van der Waals surface area (Å²) in [4.78, 5) is 0. The third-order valence-corrected chi connectivity index (χ3v) is 2.97. The Bertz CT molecular complexity index is 507. The number of hydrogen-bond acceptors (Lipinski definition) is 2. The molecule has 0 saturated heterocycles. The standard InChI is InChI=1S/C14H18FN3/c1-3-16-14(11-7-5-6-8-12(11)15)13-9-10-17-18(13)4-2/h5-10,14,16H,3-4H2,1-2H3. The molecule has 1 aromatic heterocycles. The topological polar surface area (TPSA) is 29.9 Å². The zero-order valence-corrected chi connectivity index (χ0v) is 10.7. The van der Waals surface area contributed by atoms with E-state index in [1.165, 1.54) is 6.07 Å². The second-order valence-corrected chi connectivity index (χ2v) is 4.08. The molecule has 2 rings (SSSR count). The van der Waals surface area contributed by atoms with E-state index in [-0.39, 0.29) is 11.9 Å². The maximum absolute atomic E-state index is 13.9. The van der Waals surface area contributed by atoms with E-state index < -0.39 is 0 Å². The van der Waals surface area contributed by atoms with Crippen molar-refractivity contribution < 1.29 is 4.39 Å². The number of hydrogen-bond donors (Lipinski definition) is 1. The highest BCUT2D eigenvalue weighted by Gasteiger charge is 2.19. The largest absolute Gasteiger partial charge is 0.305 e. The Morgan fingerprint density at radius 3 is 2.72 bits per heavy atom. The summed E-state index contributed by atoms with van der Waals surface area (Å²) in [5.74, 6) is -0.188. The summed E-state index contributed by atoms with van der Waals surface area (Å²) < 4.78 is 15.8. The van der Waals surface area contributed by atoms with Gasteiger partial charge in [0, 0.05) is 18.3 Å². The molecule has 0 radical (unpaired) electrons. The summed E-state index contributed by atoms with van der Waals surface area (Å²) in [5.41, 5.74) is 1.65. The average molecular weight is 247 g/mol. The molecule has 0 amide bonds. The van der Waals surface area contributed by atoms with Crippen molar-refractivity contribution in [3.8, 4) is 0 Å². The molecule has 1 N–H and O–H groups in total. The molecule has 2 aromatic rings. The second-order valence-electron chi connectivity index (χ2n) is 4.08. The van der Waals surface area contributed by atoms with Crippen molar-refractivity contribution in [3.05, 3.63) is 53.6 Å². The summed E-state index contributed by atoms with van der Waals surface area (Å²) in [5, 5.41) is 7.56. The lowest BCUT2D eigenvalue weighted by Crippen LogP contribution is -2.25. The van der Waals surface area contributed by atoms with Crippen LogP contribution in [0, 0.1) is 5.82 Å². The highest BCUT2D eigenvalue weighted by molar-refractivity contribution is 5.29. The zero-order valence-electron chi connectivity index (χ0n) is 10.7. The lowest BCUT2D eigenvalue weighted by atomic mass is 10.0. The van der Waals surface area contributed by atoms with Gasteiger partial charge >= 0.3 is 0 Å². The number of rotatable bonds is 5. The van der Waals surface area contributed by atoms with Crippen molar-refractivity contribution in [3.63, 3.8) is 0 Å². The molecular formula is C14H18FN3. The first-order valence-electron chi connectivity index (χ1n) is 6.27. The Labute approximate surface area is 107 Å². The molecule has 96 valence electrons. The summed E-state index contributed by atoms with van der Waals surface area (Å²) >= 11 is 0. The van der Waals surface area contributed by atoms with Gasteiger partial charge in [0.25, 0.3) is 0 Å². The van der Waals surface area contributed by atoms with Gasteiger partial charge in [-0.3, -0.25) is 4.68 Å². The van der Waals surface area contributed by atoms with E-state index >= 15 is 0 Å². The number of aryl methyl sites for hydroxylation is 1. The van der Waals surface area contributed by atoms with Gasteiger partial charge in [0.15, 0.2) is 0 Å². The molecule has 0 fully saturated rings. The van der Waals surface area contributed by atoms with Crippen LogP contribution < -0.4 is 5.32 Å². The van der Waals surface area contributed by atoms with Gasteiger partial charge in [-0.2, -0.15) is 5.10 Å². The van der Waals surface area contributed by atoms with Gasteiger partial charge in [-0.15, -0.1) is 0 Å². The Balaban J connectivity index is 2.43. The molecule has 1 aromatic carbocycles. The minimum Gasteiger partial charge on any atom is -0.305 e. The molecular weight excluding hydrogens is 229 g/mol. The molecule has 1 atom stereocenters. The molecule has 3 nitrogen and oxygen atoms in total. The van der Waals surface area contributed by atoms with Crippen molar-refractivity contribution in [2.75, 3.05) is 6.54 Å². The van der Waals surface area contributed by atoms with Crippen LogP contribution in [-0.4, -0.2) is 16.3 Å². The lowest BCUT2D eigenvalue weighted by Gasteiger charge is -2.20. The Hall–Kier alpha value is -1.68. The molecule has 0 aliphatic carbocycles. The molecule has 18 heavy (non-hydrogen) atoms. The molecule has 0 bridgehead atoms. The van der Waals surface area contributed by atoms with Crippen molar-refractivity contribution in [1.29, 1.82) is 0 Å². The van der Waals surface area contributed by atoms with Crippen LogP contribution in [-0.2, 0) is 6.54 Å². The summed E-state index contributed by atoms with van der Waals surface area (Å²) in [6.45, 7) is 5.59. The molecule has 4 heteroatoms. The zero-order chi connectivity index (χ0) is 13.0. The van der Waals surface area contributed by atoms with Crippen LogP contribution >= 0.6 is 0 Å². The highest BCUT2D eigenvalue weighted by atomic mass is 19.1. The fourth-order valence-corrected chi connectivity index (χ4v) is 2.14. The van der Waals surface area contributed by atoms with Crippen LogP contribution in [0.3, 0.4) is 0 Å². The van der Waals surface area contributed by atoms with Gasteiger partial charge in [-0.05, 0) is 25.6 Å². The fourth-order valence-electron chi connectivity index (χ4n) is 2.14. The Kier molecular flexibility index (Phi) is 4.10. The predicted molar refractivity (Wildman–Crippen MR) is 69.8 cm³/mol. The van der Waals surface area contributed by atoms with E-state index in [0.29, 0.717) is 5.56 Å². The minimum atomic E-state index is -0.188. The van der Waals surface area contributed by atoms with Gasteiger partial charge in [-0.25, -0.2) is 4.39 Å². The number of nitrogens with zero attached hydrogens (tertiary/aromatic N) is 2. The third kappa shape index (κ3) is 2.43. The average Bonchev–Trinajstić information content (AvgIpc) is 2.85. The van der Waals surface area contributed by atoms with E-state index in [2.05, 4.69) is 10.4 Å². The van der Waals surface area contributed by atoms with Crippen molar-refractivity contribution in [2.45, 2.75) is 26.4 Å². The first-order chi connectivity index (χ1) is 8.77. The summed E-state index contributed by atoms with van der Waals surface area (Å²) in [6.07, 6.45) is 1.75. The monoisotopic (exact) mass is 247 g/mol. The van der Waals surface area contributed by atoms with Gasteiger partial charge in [0.2, 0.25) is 0 Å². The van der Waals surface area contributed by atoms with E-state index in [9.17, 15) is 4.39 Å². The van der Waals surface area contributed by atoms with Crippen molar-refractivity contribution in [1.82, 2.24) is 15.1 Å². The maximum atomic E-state index is 13.9. The molecule has 1 heterocycles. The van der Waals surface area contributed by atoms with Crippen LogP contribution in [0.5, 0.6) is 0 Å². The van der Waals surface area contributed by atoms with Crippen molar-refractivity contribution in [2.24, 2.45) is 0 Å². The van der Waals surface area contributed by atoms with Gasteiger partial charge in [0.1, 0.15) is 5.82 Å². The predicted octanol–water partition coefficient (Wildman–Crippen LogP) is 2.74.